The van der Waals surface area contributed by atoms with E-state index in [0.29, 0.717) is 17.5 Å². The van der Waals surface area contributed by atoms with Crippen molar-refractivity contribution in [2.45, 2.75) is 0 Å². The molecule has 5 nitrogen and oxygen atoms in total. The van der Waals surface area contributed by atoms with Crippen molar-refractivity contribution in [1.82, 2.24) is 15.0 Å². The van der Waals surface area contributed by atoms with Crippen molar-refractivity contribution in [3.63, 3.8) is 0 Å². The van der Waals surface area contributed by atoms with Crippen LogP contribution >= 0.6 is 11.3 Å². The first kappa shape index (κ1) is 35.6. The van der Waals surface area contributed by atoms with Gasteiger partial charge in [0.1, 0.15) is 22.3 Å². The largest absolute Gasteiger partial charge is 0.456 e. The molecule has 0 N–H and O–H groups in total. The SMILES string of the molecule is c1ccc(-c2nc(-c3ccc(-c4cccc5c4oc4ccccc45)cc3)nc(-c3cccc4oc5ccc(-c6cccc7sc8cccc(-c9ccccc9)c8c67)cc5c34)n2)cc1. The first-order valence-electron chi connectivity index (χ1n) is 21.0. The highest BCUT2D eigenvalue weighted by Gasteiger charge is 2.21. The summed E-state index contributed by atoms with van der Waals surface area (Å²) in [6.45, 7) is 0. The molecule has 0 unspecified atom stereocenters. The van der Waals surface area contributed by atoms with Crippen molar-refractivity contribution in [3.8, 4) is 67.5 Å². The summed E-state index contributed by atoms with van der Waals surface area (Å²) in [5.41, 5.74) is 12.8. The van der Waals surface area contributed by atoms with Gasteiger partial charge in [-0.25, -0.2) is 15.0 Å². The molecule has 0 aliphatic carbocycles. The zero-order valence-electron chi connectivity index (χ0n) is 33.6. The molecule has 4 heterocycles. The average molecular weight is 824 g/mol. The van der Waals surface area contributed by atoms with E-state index < -0.39 is 0 Å². The number of nitrogens with zero attached hydrogens (tertiary/aromatic N) is 3. The highest BCUT2D eigenvalue weighted by Crippen LogP contribution is 2.46. The molecule has 13 rings (SSSR count). The molecule has 13 aromatic rings. The lowest BCUT2D eigenvalue weighted by molar-refractivity contribution is 0.669. The first-order valence-corrected chi connectivity index (χ1v) is 21.8. The molecule has 6 heteroatoms. The Morgan fingerprint density at radius 2 is 0.810 bits per heavy atom. The zero-order valence-corrected chi connectivity index (χ0v) is 34.4. The fraction of sp³-hybridized carbons (Fsp3) is 0. The molecule has 294 valence electrons. The molecule has 0 bridgehead atoms. The molecule has 0 aliphatic rings. The van der Waals surface area contributed by atoms with E-state index in [2.05, 4.69) is 140 Å². The van der Waals surface area contributed by atoms with Crippen LogP contribution in [0.1, 0.15) is 0 Å². The predicted octanol–water partition coefficient (Wildman–Crippen LogP) is 16.0. The van der Waals surface area contributed by atoms with E-state index in [-0.39, 0.29) is 0 Å². The van der Waals surface area contributed by atoms with Crippen LogP contribution in [0.2, 0.25) is 0 Å². The molecule has 0 amide bonds. The smallest absolute Gasteiger partial charge is 0.164 e. The number of rotatable bonds is 6. The van der Waals surface area contributed by atoms with Gasteiger partial charge >= 0.3 is 0 Å². The van der Waals surface area contributed by atoms with Crippen molar-refractivity contribution in [2.75, 3.05) is 0 Å². The van der Waals surface area contributed by atoms with Crippen molar-refractivity contribution in [2.24, 2.45) is 0 Å². The van der Waals surface area contributed by atoms with Crippen molar-refractivity contribution in [1.29, 1.82) is 0 Å². The molecule has 0 aliphatic heterocycles. The molecule has 0 atom stereocenters. The summed E-state index contributed by atoms with van der Waals surface area (Å²) in [5, 5.41) is 6.73. The van der Waals surface area contributed by atoms with Crippen LogP contribution in [-0.4, -0.2) is 15.0 Å². The van der Waals surface area contributed by atoms with Crippen LogP contribution in [0, 0.1) is 0 Å². The maximum Gasteiger partial charge on any atom is 0.164 e. The number of furan rings is 2. The number of para-hydroxylation sites is 2. The molecule has 9 aromatic carbocycles. The quantitative estimate of drug-likeness (QED) is 0.167. The Labute approximate surface area is 365 Å². The topological polar surface area (TPSA) is 65.0 Å². The van der Waals surface area contributed by atoms with Gasteiger partial charge in [-0.1, -0.05) is 164 Å². The van der Waals surface area contributed by atoms with Crippen LogP contribution in [-0.2, 0) is 0 Å². The second kappa shape index (κ2) is 14.2. The molecule has 4 aromatic heterocycles. The van der Waals surface area contributed by atoms with Gasteiger partial charge in [0.2, 0.25) is 0 Å². The highest BCUT2D eigenvalue weighted by molar-refractivity contribution is 7.26. The van der Waals surface area contributed by atoms with Gasteiger partial charge in [0.25, 0.3) is 0 Å². The molecule has 0 spiro atoms. The van der Waals surface area contributed by atoms with Gasteiger partial charge < -0.3 is 8.83 Å². The lowest BCUT2D eigenvalue weighted by Gasteiger charge is -2.10. The van der Waals surface area contributed by atoms with Gasteiger partial charge in [0, 0.05) is 64.0 Å². The number of hydrogen-bond donors (Lipinski definition) is 0. The van der Waals surface area contributed by atoms with E-state index in [9.17, 15) is 0 Å². The van der Waals surface area contributed by atoms with Crippen molar-refractivity contribution >= 4 is 75.4 Å². The van der Waals surface area contributed by atoms with Gasteiger partial charge in [-0.3, -0.25) is 0 Å². The molecule has 0 saturated carbocycles. The summed E-state index contributed by atoms with van der Waals surface area (Å²) in [7, 11) is 0. The fourth-order valence-corrected chi connectivity index (χ4v) is 10.4. The Bertz CT molecular complexity index is 3900. The molecule has 0 radical (unpaired) electrons. The van der Waals surface area contributed by atoms with E-state index in [1.165, 1.54) is 36.9 Å². The Morgan fingerprint density at radius 3 is 1.57 bits per heavy atom. The van der Waals surface area contributed by atoms with Crippen molar-refractivity contribution in [3.05, 3.63) is 200 Å². The van der Waals surface area contributed by atoms with Crippen LogP contribution in [0.3, 0.4) is 0 Å². The van der Waals surface area contributed by atoms with E-state index in [4.69, 9.17) is 23.8 Å². The van der Waals surface area contributed by atoms with Gasteiger partial charge in [0.15, 0.2) is 17.5 Å². The summed E-state index contributed by atoms with van der Waals surface area (Å²) >= 11 is 1.84. The first-order chi connectivity index (χ1) is 31.2. The Kier molecular flexibility index (Phi) is 8.01. The minimum absolute atomic E-state index is 0.576. The summed E-state index contributed by atoms with van der Waals surface area (Å²) < 4.78 is 15.5. The number of fused-ring (bicyclic) bond motifs is 9. The van der Waals surface area contributed by atoms with Crippen molar-refractivity contribution < 1.29 is 8.83 Å². The van der Waals surface area contributed by atoms with Gasteiger partial charge in [0.05, 0.1) is 0 Å². The van der Waals surface area contributed by atoms with Crippen LogP contribution in [0.25, 0.3) is 132 Å². The Balaban J connectivity index is 0.967. The maximum absolute atomic E-state index is 6.58. The second-order valence-corrected chi connectivity index (χ2v) is 16.9. The Hall–Kier alpha value is -8.19. The van der Waals surface area contributed by atoms with Crippen LogP contribution in [0.4, 0.5) is 0 Å². The molecule has 63 heavy (non-hydrogen) atoms. The third-order valence-electron chi connectivity index (χ3n) is 12.2. The minimum atomic E-state index is 0.576. The molecule has 0 fully saturated rings. The fourth-order valence-electron chi connectivity index (χ4n) is 9.26. The number of benzene rings is 9. The monoisotopic (exact) mass is 823 g/mol. The second-order valence-electron chi connectivity index (χ2n) is 15.8. The van der Waals surface area contributed by atoms with Gasteiger partial charge in [-0.2, -0.15) is 0 Å². The number of aromatic nitrogens is 3. The summed E-state index contributed by atoms with van der Waals surface area (Å²) in [6, 6.07) is 69.7. The zero-order chi connectivity index (χ0) is 41.4. The third-order valence-corrected chi connectivity index (χ3v) is 13.3. The molecule has 0 saturated heterocycles. The van der Waals surface area contributed by atoms with E-state index >= 15 is 0 Å². The number of thiophene rings is 1. The lowest BCUT2D eigenvalue weighted by Crippen LogP contribution is -2.00. The van der Waals surface area contributed by atoms with Gasteiger partial charge in [-0.15, -0.1) is 11.3 Å². The minimum Gasteiger partial charge on any atom is -0.456 e. The average Bonchev–Trinajstić information content (AvgIpc) is 4.06. The summed E-state index contributed by atoms with van der Waals surface area (Å²) in [5.74, 6) is 1.76. The molecular formula is C57H33N3O2S. The third kappa shape index (κ3) is 5.80. The normalized spacial score (nSPS) is 11.8. The predicted molar refractivity (Wildman–Crippen MR) is 260 cm³/mol. The maximum atomic E-state index is 6.58. The molecular weight excluding hydrogens is 791 g/mol. The Morgan fingerprint density at radius 1 is 0.302 bits per heavy atom. The van der Waals surface area contributed by atoms with Gasteiger partial charge in [-0.05, 0) is 64.2 Å². The van der Waals surface area contributed by atoms with Crippen LogP contribution in [0.5, 0.6) is 0 Å². The lowest BCUT2D eigenvalue weighted by atomic mass is 9.94. The highest BCUT2D eigenvalue weighted by atomic mass is 32.1. The standard InChI is InChI=1S/C57H33N3O2S/c1-3-13-34(14-4-1)39-18-11-25-49-52(39)53-40(19-12-26-50(53)63-49)38-31-32-47-45(33-38)51-44(22-10-24-48(51)61-47)57-59-55(36-15-5-2-6-16-36)58-56(60-57)37-29-27-35(28-30-37)41-20-9-21-43-42-17-7-8-23-46(42)62-54(41)43/h1-33H. The summed E-state index contributed by atoms with van der Waals surface area (Å²) in [4.78, 5) is 15.5. The van der Waals surface area contributed by atoms with E-state index in [1.807, 2.05) is 72.0 Å². The van der Waals surface area contributed by atoms with Crippen LogP contribution < -0.4 is 0 Å². The van der Waals surface area contributed by atoms with E-state index in [0.717, 1.165) is 77.3 Å². The van der Waals surface area contributed by atoms with E-state index in [1.54, 1.807) is 0 Å². The van der Waals surface area contributed by atoms with Crippen LogP contribution in [0.15, 0.2) is 209 Å². The summed E-state index contributed by atoms with van der Waals surface area (Å²) in [6.07, 6.45) is 0. The number of hydrogen-bond acceptors (Lipinski definition) is 6.